The average molecular weight is 296 g/mol. The van der Waals surface area contributed by atoms with E-state index in [4.69, 9.17) is 10.8 Å². The maximum atomic E-state index is 8.98. The van der Waals surface area contributed by atoms with Gasteiger partial charge in [0.05, 0.1) is 6.61 Å². The Balaban J connectivity index is 2.63. The Morgan fingerprint density at radius 3 is 2.88 bits per heavy atom. The SMILES string of the molecule is CN(CCO)c1ncc(Br)c2ccc(N)cc12. The summed E-state index contributed by atoms with van der Waals surface area (Å²) in [6.07, 6.45) is 1.77. The maximum Gasteiger partial charge on any atom is 0.136 e. The van der Waals surface area contributed by atoms with E-state index in [1.165, 1.54) is 0 Å². The monoisotopic (exact) mass is 295 g/mol. The second kappa shape index (κ2) is 4.89. The van der Waals surface area contributed by atoms with Crippen LogP contribution < -0.4 is 10.6 Å². The standard InChI is InChI=1S/C12H14BrN3O/c1-16(4-5-17)12-10-6-8(14)2-3-9(10)11(13)7-15-12/h2-3,6-7,17H,4-5,14H2,1H3. The Bertz CT molecular complexity index is 545. The van der Waals surface area contributed by atoms with Crippen LogP contribution in [-0.4, -0.2) is 30.3 Å². The number of hydrogen-bond acceptors (Lipinski definition) is 4. The van der Waals surface area contributed by atoms with E-state index in [9.17, 15) is 0 Å². The van der Waals surface area contributed by atoms with E-state index in [0.717, 1.165) is 21.1 Å². The highest BCUT2D eigenvalue weighted by Crippen LogP contribution is 2.31. The molecule has 0 aliphatic rings. The number of nitrogens with zero attached hydrogens (tertiary/aromatic N) is 2. The molecule has 90 valence electrons. The van der Waals surface area contributed by atoms with Crippen LogP contribution in [-0.2, 0) is 0 Å². The summed E-state index contributed by atoms with van der Waals surface area (Å²) < 4.78 is 0.939. The van der Waals surface area contributed by atoms with E-state index in [1.807, 2.05) is 30.1 Å². The van der Waals surface area contributed by atoms with Gasteiger partial charge in [-0.25, -0.2) is 4.98 Å². The quantitative estimate of drug-likeness (QED) is 0.851. The van der Waals surface area contributed by atoms with Crippen LogP contribution in [0.15, 0.2) is 28.9 Å². The molecule has 4 nitrogen and oxygen atoms in total. The van der Waals surface area contributed by atoms with Gasteiger partial charge >= 0.3 is 0 Å². The summed E-state index contributed by atoms with van der Waals surface area (Å²) in [5, 5.41) is 11.0. The summed E-state index contributed by atoms with van der Waals surface area (Å²) >= 11 is 3.47. The van der Waals surface area contributed by atoms with Gasteiger partial charge in [-0.2, -0.15) is 0 Å². The molecule has 0 saturated carbocycles. The molecule has 0 unspecified atom stereocenters. The molecule has 2 aromatic rings. The van der Waals surface area contributed by atoms with Crippen molar-refractivity contribution in [1.29, 1.82) is 0 Å². The summed E-state index contributed by atoms with van der Waals surface area (Å²) in [6.45, 7) is 0.636. The predicted octanol–water partition coefficient (Wildman–Crippen LogP) is 2.01. The molecule has 1 aromatic carbocycles. The van der Waals surface area contributed by atoms with Crippen molar-refractivity contribution in [3.05, 3.63) is 28.9 Å². The molecule has 5 heteroatoms. The van der Waals surface area contributed by atoms with Crippen molar-refractivity contribution in [2.75, 3.05) is 30.8 Å². The van der Waals surface area contributed by atoms with Crippen molar-refractivity contribution in [2.45, 2.75) is 0 Å². The number of nitrogen functional groups attached to an aromatic ring is 1. The molecule has 0 amide bonds. The van der Waals surface area contributed by atoms with E-state index in [0.29, 0.717) is 12.2 Å². The molecule has 1 heterocycles. The third-order valence-electron chi connectivity index (χ3n) is 2.64. The molecular weight excluding hydrogens is 282 g/mol. The number of nitrogens with two attached hydrogens (primary N) is 1. The molecule has 3 N–H and O–H groups in total. The van der Waals surface area contributed by atoms with Gasteiger partial charge in [0.25, 0.3) is 0 Å². The zero-order chi connectivity index (χ0) is 12.4. The highest BCUT2D eigenvalue weighted by Gasteiger charge is 2.10. The minimum atomic E-state index is 0.0953. The fourth-order valence-corrected chi connectivity index (χ4v) is 2.22. The summed E-state index contributed by atoms with van der Waals surface area (Å²) in [6, 6.07) is 5.73. The fourth-order valence-electron chi connectivity index (χ4n) is 1.77. The molecule has 2 rings (SSSR count). The number of benzene rings is 1. The summed E-state index contributed by atoms with van der Waals surface area (Å²) in [5.41, 5.74) is 6.51. The second-order valence-corrected chi connectivity index (χ2v) is 4.73. The van der Waals surface area contributed by atoms with Crippen LogP contribution in [0, 0.1) is 0 Å². The van der Waals surface area contributed by atoms with Crippen LogP contribution in [0.5, 0.6) is 0 Å². The van der Waals surface area contributed by atoms with Gasteiger partial charge in [0.1, 0.15) is 5.82 Å². The van der Waals surface area contributed by atoms with Gasteiger partial charge in [-0.3, -0.25) is 0 Å². The molecular formula is C12H14BrN3O. The van der Waals surface area contributed by atoms with Crippen LogP contribution in [0.3, 0.4) is 0 Å². The second-order valence-electron chi connectivity index (χ2n) is 3.88. The molecule has 0 atom stereocenters. The van der Waals surface area contributed by atoms with Crippen molar-refractivity contribution in [3.63, 3.8) is 0 Å². The van der Waals surface area contributed by atoms with Gasteiger partial charge < -0.3 is 15.7 Å². The van der Waals surface area contributed by atoms with Crippen LogP contribution in [0.4, 0.5) is 11.5 Å². The number of aliphatic hydroxyl groups is 1. The lowest BCUT2D eigenvalue weighted by Gasteiger charge is -2.19. The lowest BCUT2D eigenvalue weighted by Crippen LogP contribution is -2.22. The molecule has 0 aliphatic heterocycles. The van der Waals surface area contributed by atoms with E-state index < -0.39 is 0 Å². The van der Waals surface area contributed by atoms with Gasteiger partial charge in [0, 0.05) is 40.7 Å². The minimum absolute atomic E-state index is 0.0953. The van der Waals surface area contributed by atoms with Crippen LogP contribution >= 0.6 is 15.9 Å². The van der Waals surface area contributed by atoms with Gasteiger partial charge in [-0.15, -0.1) is 0 Å². The summed E-state index contributed by atoms with van der Waals surface area (Å²) in [5.74, 6) is 0.824. The summed E-state index contributed by atoms with van der Waals surface area (Å²) in [4.78, 5) is 6.29. The Hall–Kier alpha value is -1.33. The van der Waals surface area contributed by atoms with Crippen LogP contribution in [0.1, 0.15) is 0 Å². The van der Waals surface area contributed by atoms with Crippen molar-refractivity contribution >= 4 is 38.2 Å². The number of anilines is 2. The first kappa shape index (κ1) is 12.1. The number of pyridine rings is 1. The number of aromatic nitrogens is 1. The Morgan fingerprint density at radius 2 is 2.18 bits per heavy atom. The third-order valence-corrected chi connectivity index (χ3v) is 3.27. The van der Waals surface area contributed by atoms with E-state index >= 15 is 0 Å². The lowest BCUT2D eigenvalue weighted by molar-refractivity contribution is 0.304. The predicted molar refractivity (Wildman–Crippen MR) is 74.2 cm³/mol. The van der Waals surface area contributed by atoms with E-state index in [-0.39, 0.29) is 6.61 Å². The molecule has 0 fully saturated rings. The van der Waals surface area contributed by atoms with Crippen LogP contribution in [0.25, 0.3) is 10.8 Å². The largest absolute Gasteiger partial charge is 0.399 e. The molecule has 0 bridgehead atoms. The topological polar surface area (TPSA) is 62.4 Å². The fraction of sp³-hybridized carbons (Fsp3) is 0.250. The van der Waals surface area contributed by atoms with Gasteiger partial charge in [0.15, 0.2) is 0 Å². The lowest BCUT2D eigenvalue weighted by atomic mass is 10.1. The number of likely N-dealkylation sites (N-methyl/N-ethyl adjacent to an activating group) is 1. The maximum absolute atomic E-state index is 8.98. The first-order valence-corrected chi connectivity index (χ1v) is 6.08. The third kappa shape index (κ3) is 2.35. The smallest absolute Gasteiger partial charge is 0.136 e. The minimum Gasteiger partial charge on any atom is -0.399 e. The average Bonchev–Trinajstić information content (AvgIpc) is 2.29. The molecule has 1 aromatic heterocycles. The highest BCUT2D eigenvalue weighted by molar-refractivity contribution is 9.10. The first-order chi connectivity index (χ1) is 8.13. The van der Waals surface area contributed by atoms with Gasteiger partial charge in [0.2, 0.25) is 0 Å². The van der Waals surface area contributed by atoms with Crippen molar-refractivity contribution < 1.29 is 5.11 Å². The Labute approximate surface area is 108 Å². The van der Waals surface area contributed by atoms with Gasteiger partial charge in [-0.1, -0.05) is 6.07 Å². The van der Waals surface area contributed by atoms with E-state index in [2.05, 4.69) is 20.9 Å². The Kier molecular flexibility index (Phi) is 3.49. The Morgan fingerprint density at radius 1 is 1.41 bits per heavy atom. The molecule has 0 radical (unpaired) electrons. The number of rotatable bonds is 3. The zero-order valence-electron chi connectivity index (χ0n) is 9.52. The summed E-state index contributed by atoms with van der Waals surface area (Å²) in [7, 11) is 1.90. The van der Waals surface area contributed by atoms with Crippen molar-refractivity contribution in [1.82, 2.24) is 4.98 Å². The van der Waals surface area contributed by atoms with Crippen molar-refractivity contribution in [3.8, 4) is 0 Å². The first-order valence-electron chi connectivity index (χ1n) is 5.29. The number of aliphatic hydroxyl groups excluding tert-OH is 1. The highest BCUT2D eigenvalue weighted by atomic mass is 79.9. The number of fused-ring (bicyclic) bond motifs is 1. The number of halogens is 1. The molecule has 0 spiro atoms. The number of hydrogen-bond donors (Lipinski definition) is 2. The zero-order valence-corrected chi connectivity index (χ0v) is 11.1. The van der Waals surface area contributed by atoms with Crippen LogP contribution in [0.2, 0.25) is 0 Å². The van der Waals surface area contributed by atoms with Crippen molar-refractivity contribution in [2.24, 2.45) is 0 Å². The molecule has 0 saturated heterocycles. The molecule has 0 aliphatic carbocycles. The van der Waals surface area contributed by atoms with E-state index in [1.54, 1.807) is 6.20 Å². The van der Waals surface area contributed by atoms with Gasteiger partial charge in [-0.05, 0) is 28.1 Å². The normalized spacial score (nSPS) is 10.8. The molecule has 17 heavy (non-hydrogen) atoms.